The minimum Gasteiger partial charge on any atom is -0.478 e. The molecule has 21 heavy (non-hydrogen) atoms. The van der Waals surface area contributed by atoms with Crippen LogP contribution in [0.4, 0.5) is 5.69 Å². The number of aromatic carboxylic acids is 1. The van der Waals surface area contributed by atoms with E-state index in [1.807, 2.05) is 6.92 Å². The van der Waals surface area contributed by atoms with Crippen molar-refractivity contribution in [2.75, 3.05) is 0 Å². The van der Waals surface area contributed by atoms with Gasteiger partial charge in [-0.05, 0) is 25.8 Å². The number of carbonyl (C=O) groups excluding carboxylic acids is 1. The monoisotopic (exact) mass is 292 g/mol. The van der Waals surface area contributed by atoms with Crippen molar-refractivity contribution in [3.8, 4) is 0 Å². The van der Waals surface area contributed by atoms with E-state index in [2.05, 4.69) is 5.32 Å². The highest BCUT2D eigenvalue weighted by atomic mass is 16.6. The zero-order valence-corrected chi connectivity index (χ0v) is 11.6. The van der Waals surface area contributed by atoms with Crippen LogP contribution in [-0.4, -0.2) is 27.4 Å². The highest BCUT2D eigenvalue weighted by Crippen LogP contribution is 2.29. The highest BCUT2D eigenvalue weighted by molar-refractivity contribution is 5.98. The van der Waals surface area contributed by atoms with E-state index < -0.39 is 22.5 Å². The lowest BCUT2D eigenvalue weighted by Gasteiger charge is -2.25. The van der Waals surface area contributed by atoms with Crippen molar-refractivity contribution >= 4 is 17.6 Å². The number of nitrogens with zero attached hydrogens (tertiary/aromatic N) is 1. The molecule has 0 aliphatic heterocycles. The van der Waals surface area contributed by atoms with Crippen molar-refractivity contribution in [1.82, 2.24) is 5.32 Å². The number of non-ortho nitro benzene ring substituents is 1. The summed E-state index contributed by atoms with van der Waals surface area (Å²) in [6.45, 7) is 1.92. The Morgan fingerprint density at radius 3 is 2.33 bits per heavy atom. The molecule has 1 aliphatic carbocycles. The molecule has 0 spiro atoms. The SMILES string of the molecule is CC1(NC(=O)c2cc(C(=O)O)cc([N+](=O)[O-])c2)CCCC1. The fourth-order valence-corrected chi connectivity index (χ4v) is 2.60. The molecule has 0 radical (unpaired) electrons. The van der Waals surface area contributed by atoms with E-state index in [4.69, 9.17) is 5.11 Å². The maximum Gasteiger partial charge on any atom is 0.335 e. The van der Waals surface area contributed by atoms with Crippen LogP contribution in [0.1, 0.15) is 53.3 Å². The average molecular weight is 292 g/mol. The van der Waals surface area contributed by atoms with Crippen LogP contribution in [-0.2, 0) is 0 Å². The van der Waals surface area contributed by atoms with E-state index in [1.165, 1.54) is 0 Å². The lowest BCUT2D eigenvalue weighted by molar-refractivity contribution is -0.384. The molecular formula is C14H16N2O5. The summed E-state index contributed by atoms with van der Waals surface area (Å²) in [5, 5.41) is 22.7. The van der Waals surface area contributed by atoms with Gasteiger partial charge in [-0.3, -0.25) is 14.9 Å². The maximum absolute atomic E-state index is 12.2. The van der Waals surface area contributed by atoms with Crippen LogP contribution in [0, 0.1) is 10.1 Å². The van der Waals surface area contributed by atoms with Gasteiger partial charge in [0.15, 0.2) is 0 Å². The summed E-state index contributed by atoms with van der Waals surface area (Å²) in [5.74, 6) is -1.79. The molecule has 0 saturated heterocycles. The second kappa shape index (κ2) is 5.51. The van der Waals surface area contributed by atoms with Gasteiger partial charge in [0, 0.05) is 23.2 Å². The standard InChI is InChI=1S/C14H16N2O5/c1-14(4-2-3-5-14)15-12(17)9-6-10(13(18)19)8-11(7-9)16(20)21/h6-8H,2-5H2,1H3,(H,15,17)(H,18,19). The fourth-order valence-electron chi connectivity index (χ4n) is 2.60. The Kier molecular flexibility index (Phi) is 3.93. The summed E-state index contributed by atoms with van der Waals surface area (Å²) >= 11 is 0. The summed E-state index contributed by atoms with van der Waals surface area (Å²) in [7, 11) is 0. The predicted molar refractivity (Wildman–Crippen MR) is 74.4 cm³/mol. The molecule has 1 aromatic rings. The number of nitro benzene ring substituents is 1. The van der Waals surface area contributed by atoms with Crippen molar-refractivity contribution in [2.45, 2.75) is 38.1 Å². The molecule has 2 N–H and O–H groups in total. The molecule has 0 heterocycles. The summed E-state index contributed by atoms with van der Waals surface area (Å²) < 4.78 is 0. The topological polar surface area (TPSA) is 110 Å². The van der Waals surface area contributed by atoms with Crippen LogP contribution in [0.5, 0.6) is 0 Å². The first-order chi connectivity index (χ1) is 9.81. The fraction of sp³-hybridized carbons (Fsp3) is 0.429. The summed E-state index contributed by atoms with van der Waals surface area (Å²) in [4.78, 5) is 33.4. The molecular weight excluding hydrogens is 276 g/mol. The third-order valence-corrected chi connectivity index (χ3v) is 3.76. The second-order valence-electron chi connectivity index (χ2n) is 5.55. The summed E-state index contributed by atoms with van der Waals surface area (Å²) in [6.07, 6.45) is 3.73. The molecule has 7 heteroatoms. The van der Waals surface area contributed by atoms with Crippen LogP contribution in [0.2, 0.25) is 0 Å². The van der Waals surface area contributed by atoms with Crippen LogP contribution >= 0.6 is 0 Å². The molecule has 0 bridgehead atoms. The Balaban J connectivity index is 2.31. The van der Waals surface area contributed by atoms with E-state index in [0.29, 0.717) is 0 Å². The largest absolute Gasteiger partial charge is 0.478 e. The lowest BCUT2D eigenvalue weighted by atomic mass is 9.99. The number of rotatable bonds is 4. The molecule has 1 amide bonds. The quantitative estimate of drug-likeness (QED) is 0.654. The van der Waals surface area contributed by atoms with Crippen molar-refractivity contribution in [2.24, 2.45) is 0 Å². The minimum absolute atomic E-state index is 0.00488. The number of carboxylic acids is 1. The molecule has 0 unspecified atom stereocenters. The van der Waals surface area contributed by atoms with Crippen molar-refractivity contribution in [3.05, 3.63) is 39.4 Å². The molecule has 1 fully saturated rings. The first-order valence-electron chi connectivity index (χ1n) is 6.66. The smallest absolute Gasteiger partial charge is 0.335 e. The predicted octanol–water partition coefficient (Wildman–Crippen LogP) is 2.36. The first kappa shape index (κ1) is 15.0. The Bertz CT molecular complexity index is 573. The third-order valence-electron chi connectivity index (χ3n) is 3.76. The Labute approximate surface area is 121 Å². The van der Waals surface area contributed by atoms with Crippen molar-refractivity contribution < 1.29 is 19.6 Å². The Hall–Kier alpha value is -2.44. The van der Waals surface area contributed by atoms with Crippen LogP contribution in [0.25, 0.3) is 0 Å². The molecule has 112 valence electrons. The number of carboxylic acid groups (broad SMARTS) is 1. The highest BCUT2D eigenvalue weighted by Gasteiger charge is 2.31. The number of hydrogen-bond acceptors (Lipinski definition) is 4. The zero-order chi connectivity index (χ0) is 15.6. The Morgan fingerprint density at radius 1 is 1.24 bits per heavy atom. The minimum atomic E-state index is -1.31. The number of nitrogens with one attached hydrogen (secondary N) is 1. The van der Waals surface area contributed by atoms with Crippen LogP contribution in [0.3, 0.4) is 0 Å². The van der Waals surface area contributed by atoms with Gasteiger partial charge in [0.1, 0.15) is 0 Å². The summed E-state index contributed by atoms with van der Waals surface area (Å²) in [5.41, 5.74) is -1.01. The molecule has 2 rings (SSSR count). The van der Waals surface area contributed by atoms with Gasteiger partial charge in [0.05, 0.1) is 10.5 Å². The van der Waals surface area contributed by atoms with E-state index in [9.17, 15) is 19.7 Å². The van der Waals surface area contributed by atoms with Crippen LogP contribution < -0.4 is 5.32 Å². The van der Waals surface area contributed by atoms with E-state index in [-0.39, 0.29) is 16.7 Å². The average Bonchev–Trinajstić information content (AvgIpc) is 2.84. The summed E-state index contributed by atoms with van der Waals surface area (Å²) in [6, 6.07) is 3.19. The van der Waals surface area contributed by atoms with Gasteiger partial charge in [-0.2, -0.15) is 0 Å². The first-order valence-corrected chi connectivity index (χ1v) is 6.66. The Morgan fingerprint density at radius 2 is 1.81 bits per heavy atom. The number of carbonyl (C=O) groups is 2. The van der Waals surface area contributed by atoms with Crippen molar-refractivity contribution in [3.63, 3.8) is 0 Å². The van der Waals surface area contributed by atoms with Crippen LogP contribution in [0.15, 0.2) is 18.2 Å². The maximum atomic E-state index is 12.2. The van der Waals surface area contributed by atoms with E-state index in [0.717, 1.165) is 43.9 Å². The van der Waals surface area contributed by atoms with Gasteiger partial charge in [-0.1, -0.05) is 12.8 Å². The molecule has 0 aromatic heterocycles. The third kappa shape index (κ3) is 3.36. The molecule has 1 aliphatic rings. The van der Waals surface area contributed by atoms with Gasteiger partial charge in [-0.25, -0.2) is 4.79 Å². The lowest BCUT2D eigenvalue weighted by Crippen LogP contribution is -2.43. The number of nitro groups is 1. The number of amides is 1. The van der Waals surface area contributed by atoms with Gasteiger partial charge in [-0.15, -0.1) is 0 Å². The molecule has 1 aromatic carbocycles. The van der Waals surface area contributed by atoms with E-state index in [1.54, 1.807) is 0 Å². The van der Waals surface area contributed by atoms with E-state index >= 15 is 0 Å². The normalized spacial score (nSPS) is 16.4. The number of hydrogen-bond donors (Lipinski definition) is 2. The van der Waals surface area contributed by atoms with Gasteiger partial charge in [0.25, 0.3) is 11.6 Å². The van der Waals surface area contributed by atoms with Gasteiger partial charge in [0.2, 0.25) is 0 Å². The second-order valence-corrected chi connectivity index (χ2v) is 5.55. The molecule has 1 saturated carbocycles. The van der Waals surface area contributed by atoms with Gasteiger partial charge < -0.3 is 10.4 Å². The number of benzene rings is 1. The molecule has 0 atom stereocenters. The van der Waals surface area contributed by atoms with Gasteiger partial charge >= 0.3 is 5.97 Å². The molecule has 7 nitrogen and oxygen atoms in total. The van der Waals surface area contributed by atoms with Crippen molar-refractivity contribution in [1.29, 1.82) is 0 Å². The zero-order valence-electron chi connectivity index (χ0n) is 11.6.